The zero-order valence-corrected chi connectivity index (χ0v) is 11.6. The summed E-state index contributed by atoms with van der Waals surface area (Å²) < 4.78 is 5.18. The van der Waals surface area contributed by atoms with Gasteiger partial charge in [0, 0.05) is 17.9 Å². The maximum atomic E-state index is 12.1. The summed E-state index contributed by atoms with van der Waals surface area (Å²) in [7, 11) is 1.66. The minimum Gasteiger partial charge on any atom is -0.497 e. The largest absolute Gasteiger partial charge is 0.497 e. The molecule has 0 saturated heterocycles. The van der Waals surface area contributed by atoms with E-state index < -0.39 is 0 Å². The molecule has 0 spiro atoms. The second kappa shape index (κ2) is 4.37. The zero-order chi connectivity index (χ0) is 13.6. The van der Waals surface area contributed by atoms with Gasteiger partial charge in [0.1, 0.15) is 5.75 Å². The number of fused-ring (bicyclic) bond motifs is 1. The topological polar surface area (TPSA) is 26.3 Å². The Kier molecular flexibility index (Phi) is 2.81. The molecule has 0 N–H and O–H groups in total. The molecule has 19 heavy (non-hydrogen) atoms. The van der Waals surface area contributed by atoms with Gasteiger partial charge in [0.25, 0.3) is 0 Å². The van der Waals surface area contributed by atoms with E-state index in [2.05, 4.69) is 13.8 Å². The summed E-state index contributed by atoms with van der Waals surface area (Å²) >= 11 is 0. The predicted molar refractivity (Wildman–Crippen MR) is 76.0 cm³/mol. The van der Waals surface area contributed by atoms with Gasteiger partial charge < -0.3 is 4.74 Å². The quantitative estimate of drug-likeness (QED) is 0.803. The van der Waals surface area contributed by atoms with Crippen LogP contribution in [-0.4, -0.2) is 12.9 Å². The number of Topliss-reactive ketones (excluding diaryl/α,β-unsaturated/α-hetero) is 1. The van der Waals surface area contributed by atoms with Crippen molar-refractivity contribution in [3.63, 3.8) is 0 Å². The molecule has 2 aliphatic rings. The van der Waals surface area contributed by atoms with Crippen molar-refractivity contribution in [2.24, 2.45) is 5.92 Å². The Morgan fingerprint density at radius 1 is 1.11 bits per heavy atom. The van der Waals surface area contributed by atoms with E-state index in [0.717, 1.165) is 23.3 Å². The third-order valence-electron chi connectivity index (χ3n) is 4.27. The number of benzene rings is 1. The monoisotopic (exact) mass is 254 g/mol. The summed E-state index contributed by atoms with van der Waals surface area (Å²) in [5, 5.41) is 0. The molecule has 2 aliphatic carbocycles. The lowest BCUT2D eigenvalue weighted by Gasteiger charge is -2.38. The van der Waals surface area contributed by atoms with Crippen LogP contribution < -0.4 is 4.74 Å². The van der Waals surface area contributed by atoms with Gasteiger partial charge in [-0.3, -0.25) is 4.79 Å². The molecule has 0 aromatic heterocycles. The highest BCUT2D eigenvalue weighted by Gasteiger charge is 2.39. The average molecular weight is 254 g/mol. The molecule has 0 saturated carbocycles. The molecule has 0 aliphatic heterocycles. The van der Waals surface area contributed by atoms with E-state index in [1.54, 1.807) is 7.11 Å². The first-order chi connectivity index (χ1) is 9.13. The van der Waals surface area contributed by atoms with Gasteiger partial charge in [-0.1, -0.05) is 24.6 Å². The summed E-state index contributed by atoms with van der Waals surface area (Å²) in [6.07, 6.45) is 1.59. The maximum Gasteiger partial charge on any atom is 0.163 e. The summed E-state index contributed by atoms with van der Waals surface area (Å²) in [6.45, 7) is 4.35. The third-order valence-corrected chi connectivity index (χ3v) is 4.27. The van der Waals surface area contributed by atoms with Crippen molar-refractivity contribution in [3.8, 4) is 5.75 Å². The lowest BCUT2D eigenvalue weighted by Crippen LogP contribution is -2.28. The molecule has 2 heteroatoms. The average Bonchev–Trinajstić information content (AvgIpc) is 2.42. The van der Waals surface area contributed by atoms with Crippen LogP contribution >= 0.6 is 0 Å². The summed E-state index contributed by atoms with van der Waals surface area (Å²) in [4.78, 5) is 12.1. The first-order valence-corrected chi connectivity index (χ1v) is 6.75. The molecule has 2 nitrogen and oxygen atoms in total. The van der Waals surface area contributed by atoms with Gasteiger partial charge in [0.15, 0.2) is 5.78 Å². The van der Waals surface area contributed by atoms with Gasteiger partial charge in [-0.2, -0.15) is 0 Å². The Morgan fingerprint density at radius 3 is 2.42 bits per heavy atom. The minimum absolute atomic E-state index is 0.310. The van der Waals surface area contributed by atoms with Crippen LogP contribution in [0.2, 0.25) is 0 Å². The van der Waals surface area contributed by atoms with Crippen LogP contribution in [0.4, 0.5) is 0 Å². The van der Waals surface area contributed by atoms with Crippen LogP contribution in [0.5, 0.6) is 5.75 Å². The second-order valence-electron chi connectivity index (χ2n) is 5.36. The maximum absolute atomic E-state index is 12.1. The van der Waals surface area contributed by atoms with Gasteiger partial charge in [-0.05, 0) is 42.2 Å². The number of carbonyl (C=O) groups is 1. The molecule has 0 bridgehead atoms. The van der Waals surface area contributed by atoms with Crippen molar-refractivity contribution in [1.82, 2.24) is 0 Å². The Bertz CT molecular complexity index is 603. The Labute approximate surface area is 113 Å². The van der Waals surface area contributed by atoms with Gasteiger partial charge >= 0.3 is 0 Å². The van der Waals surface area contributed by atoms with Crippen molar-refractivity contribution in [3.05, 3.63) is 46.5 Å². The lowest BCUT2D eigenvalue weighted by molar-refractivity contribution is -0.115. The standard InChI is InChI=1S/C17H18O2/c1-10-4-9-14(18)17-15(10)11(2)16(17)12-5-7-13(19-3)8-6-12/h5-8,11H,4,9H2,1-3H3. The SMILES string of the molecule is COc1ccc(C2=C3C(=O)CCC(C)=C3C2C)cc1. The normalized spacial score (nSPS) is 22.3. The number of carbonyl (C=O) groups excluding carboxylic acids is 1. The fourth-order valence-corrected chi connectivity index (χ4v) is 3.25. The van der Waals surface area contributed by atoms with Gasteiger partial charge in [-0.25, -0.2) is 0 Å². The number of hydrogen-bond acceptors (Lipinski definition) is 2. The lowest BCUT2D eigenvalue weighted by atomic mass is 9.64. The molecule has 1 atom stereocenters. The van der Waals surface area contributed by atoms with Gasteiger partial charge in [0.05, 0.1) is 7.11 Å². The molecule has 3 rings (SSSR count). The number of ketones is 1. The molecule has 0 fully saturated rings. The van der Waals surface area contributed by atoms with Crippen LogP contribution in [-0.2, 0) is 4.79 Å². The van der Waals surface area contributed by atoms with Crippen molar-refractivity contribution in [1.29, 1.82) is 0 Å². The highest BCUT2D eigenvalue weighted by atomic mass is 16.5. The van der Waals surface area contributed by atoms with E-state index in [0.29, 0.717) is 18.1 Å². The fraction of sp³-hybridized carbons (Fsp3) is 0.353. The highest BCUT2D eigenvalue weighted by molar-refractivity contribution is 6.13. The van der Waals surface area contributed by atoms with E-state index in [1.165, 1.54) is 16.7 Å². The van der Waals surface area contributed by atoms with E-state index in [9.17, 15) is 4.79 Å². The van der Waals surface area contributed by atoms with Crippen molar-refractivity contribution >= 4 is 11.4 Å². The highest BCUT2D eigenvalue weighted by Crippen LogP contribution is 2.51. The molecular weight excluding hydrogens is 236 g/mol. The molecule has 0 amide bonds. The Hall–Kier alpha value is -1.83. The Balaban J connectivity index is 2.09. The molecular formula is C17H18O2. The summed E-state index contributed by atoms with van der Waals surface area (Å²) in [5.41, 5.74) is 6.03. The van der Waals surface area contributed by atoms with Crippen LogP contribution in [0.1, 0.15) is 32.3 Å². The molecule has 0 radical (unpaired) electrons. The van der Waals surface area contributed by atoms with Crippen molar-refractivity contribution in [2.45, 2.75) is 26.7 Å². The van der Waals surface area contributed by atoms with Crippen LogP contribution in [0.3, 0.4) is 0 Å². The Morgan fingerprint density at radius 2 is 1.79 bits per heavy atom. The molecule has 0 heterocycles. The number of methoxy groups -OCH3 is 1. The van der Waals surface area contributed by atoms with E-state index >= 15 is 0 Å². The van der Waals surface area contributed by atoms with Crippen LogP contribution in [0.25, 0.3) is 5.57 Å². The van der Waals surface area contributed by atoms with Crippen LogP contribution in [0, 0.1) is 5.92 Å². The summed E-state index contributed by atoms with van der Waals surface area (Å²) in [5.74, 6) is 1.54. The van der Waals surface area contributed by atoms with E-state index in [-0.39, 0.29) is 0 Å². The molecule has 1 aromatic carbocycles. The van der Waals surface area contributed by atoms with Gasteiger partial charge in [-0.15, -0.1) is 0 Å². The third kappa shape index (κ3) is 1.74. The number of rotatable bonds is 2. The zero-order valence-electron chi connectivity index (χ0n) is 11.6. The predicted octanol–water partition coefficient (Wildman–Crippen LogP) is 3.78. The number of hydrogen-bond donors (Lipinski definition) is 0. The first kappa shape index (κ1) is 12.2. The van der Waals surface area contributed by atoms with Crippen LogP contribution in [0.15, 0.2) is 41.0 Å². The van der Waals surface area contributed by atoms with Crippen molar-refractivity contribution < 1.29 is 9.53 Å². The summed E-state index contributed by atoms with van der Waals surface area (Å²) in [6, 6.07) is 8.01. The fourth-order valence-electron chi connectivity index (χ4n) is 3.25. The van der Waals surface area contributed by atoms with E-state index in [4.69, 9.17) is 4.74 Å². The molecule has 1 aromatic rings. The van der Waals surface area contributed by atoms with Crippen molar-refractivity contribution in [2.75, 3.05) is 7.11 Å². The van der Waals surface area contributed by atoms with Gasteiger partial charge in [0.2, 0.25) is 0 Å². The molecule has 1 unspecified atom stereocenters. The first-order valence-electron chi connectivity index (χ1n) is 6.75. The molecule has 98 valence electrons. The van der Waals surface area contributed by atoms with E-state index in [1.807, 2.05) is 24.3 Å². The smallest absolute Gasteiger partial charge is 0.163 e. The second-order valence-corrected chi connectivity index (χ2v) is 5.36. The minimum atomic E-state index is 0.310. The number of ether oxygens (including phenoxy) is 1. The number of allylic oxidation sites excluding steroid dienone is 4.